The van der Waals surface area contributed by atoms with Gasteiger partial charge in [-0.15, -0.1) is 0 Å². The molecule has 0 fully saturated rings. The van der Waals surface area contributed by atoms with Crippen LogP contribution < -0.4 is 4.90 Å². The lowest BCUT2D eigenvalue weighted by Crippen LogP contribution is -2.26. The number of para-hydroxylation sites is 2. The maximum atomic E-state index is 9.75. The fourth-order valence-electron chi connectivity index (χ4n) is 4.70. The molecule has 0 aromatic heterocycles. The highest BCUT2D eigenvalue weighted by Gasteiger charge is 2.46. The topological polar surface area (TPSA) is 6.25 Å². The van der Waals surface area contributed by atoms with Crippen LogP contribution in [-0.2, 0) is 0 Å². The SMILES string of the molecule is Cc1ccccc1N1C=[N+](c2ccccc2C)[C@@H](c2ccccc2)[C@@H]1c1ccccc1.F[B-](F)(F)F. The minimum Gasteiger partial charge on any atom is -0.418 e. The van der Waals surface area contributed by atoms with Gasteiger partial charge in [-0.25, -0.2) is 9.48 Å². The fourth-order valence-corrected chi connectivity index (χ4v) is 4.70. The van der Waals surface area contributed by atoms with Crippen molar-refractivity contribution in [2.24, 2.45) is 0 Å². The van der Waals surface area contributed by atoms with E-state index in [1.165, 1.54) is 33.6 Å². The summed E-state index contributed by atoms with van der Waals surface area (Å²) in [6, 6.07) is 39.4. The van der Waals surface area contributed by atoms with Crippen molar-refractivity contribution in [1.82, 2.24) is 0 Å². The number of benzene rings is 4. The summed E-state index contributed by atoms with van der Waals surface area (Å²) in [7, 11) is -6.00. The number of anilines is 1. The zero-order valence-corrected chi connectivity index (χ0v) is 20.1. The molecular formula is C29H27BF4N2. The van der Waals surface area contributed by atoms with Crippen molar-refractivity contribution in [2.45, 2.75) is 25.9 Å². The van der Waals surface area contributed by atoms with Gasteiger partial charge in [0.25, 0.3) is 0 Å². The summed E-state index contributed by atoms with van der Waals surface area (Å²) < 4.78 is 41.5. The number of hydrogen-bond acceptors (Lipinski definition) is 1. The lowest BCUT2D eigenvalue weighted by molar-refractivity contribution is -0.481. The van der Waals surface area contributed by atoms with Gasteiger partial charge >= 0.3 is 7.25 Å². The van der Waals surface area contributed by atoms with Crippen LogP contribution in [0.15, 0.2) is 109 Å². The maximum Gasteiger partial charge on any atom is 0.673 e. The maximum absolute atomic E-state index is 9.75. The van der Waals surface area contributed by atoms with Crippen LogP contribution in [0.1, 0.15) is 34.3 Å². The fraction of sp³-hybridized carbons (Fsp3) is 0.138. The van der Waals surface area contributed by atoms with Crippen LogP contribution in [0.25, 0.3) is 0 Å². The Morgan fingerprint density at radius 2 is 1.08 bits per heavy atom. The third-order valence-electron chi connectivity index (χ3n) is 6.22. The van der Waals surface area contributed by atoms with Gasteiger partial charge in [0.05, 0.1) is 0 Å². The summed E-state index contributed by atoms with van der Waals surface area (Å²) in [5, 5.41) is 0. The Morgan fingerprint density at radius 3 is 1.64 bits per heavy atom. The molecule has 7 heteroatoms. The second-order valence-corrected chi connectivity index (χ2v) is 8.71. The molecule has 4 aromatic carbocycles. The molecule has 2 nitrogen and oxygen atoms in total. The van der Waals surface area contributed by atoms with E-state index in [0.717, 1.165) is 0 Å². The van der Waals surface area contributed by atoms with E-state index in [4.69, 9.17) is 0 Å². The summed E-state index contributed by atoms with van der Waals surface area (Å²) in [5.74, 6) is 0. The van der Waals surface area contributed by atoms with Crippen LogP contribution in [0.4, 0.5) is 28.6 Å². The van der Waals surface area contributed by atoms with E-state index in [1.807, 2.05) is 0 Å². The quantitative estimate of drug-likeness (QED) is 0.159. The third kappa shape index (κ3) is 5.85. The first-order chi connectivity index (χ1) is 17.2. The Kier molecular flexibility index (Phi) is 7.58. The predicted molar refractivity (Wildman–Crippen MR) is 139 cm³/mol. The Morgan fingerprint density at radius 1 is 0.611 bits per heavy atom. The van der Waals surface area contributed by atoms with Crippen molar-refractivity contribution in [3.63, 3.8) is 0 Å². The van der Waals surface area contributed by atoms with Crippen LogP contribution in [-0.4, -0.2) is 18.2 Å². The Labute approximate surface area is 209 Å². The van der Waals surface area contributed by atoms with Gasteiger partial charge in [0, 0.05) is 11.1 Å². The van der Waals surface area contributed by atoms with E-state index in [2.05, 4.69) is 139 Å². The molecular weight excluding hydrogens is 463 g/mol. The normalized spacial score (nSPS) is 17.3. The first-order valence-electron chi connectivity index (χ1n) is 11.7. The molecule has 0 saturated carbocycles. The second-order valence-electron chi connectivity index (χ2n) is 8.71. The van der Waals surface area contributed by atoms with Gasteiger partial charge in [-0.1, -0.05) is 97.1 Å². The molecule has 0 saturated heterocycles. The van der Waals surface area contributed by atoms with Crippen molar-refractivity contribution in [1.29, 1.82) is 0 Å². The minimum atomic E-state index is -6.00. The molecule has 4 aromatic rings. The van der Waals surface area contributed by atoms with Crippen molar-refractivity contribution in [3.8, 4) is 0 Å². The highest BCUT2D eigenvalue weighted by atomic mass is 19.5. The minimum absolute atomic E-state index is 0.157. The number of nitrogens with zero attached hydrogens (tertiary/aromatic N) is 2. The molecule has 2 atom stereocenters. The van der Waals surface area contributed by atoms with E-state index in [1.54, 1.807) is 0 Å². The van der Waals surface area contributed by atoms with Gasteiger partial charge in [0.1, 0.15) is 11.4 Å². The second kappa shape index (κ2) is 10.8. The van der Waals surface area contributed by atoms with Crippen LogP contribution in [0, 0.1) is 13.8 Å². The Balaban J connectivity index is 0.000000556. The smallest absolute Gasteiger partial charge is 0.418 e. The number of halogens is 4. The highest BCUT2D eigenvalue weighted by Crippen LogP contribution is 2.45. The van der Waals surface area contributed by atoms with Crippen molar-refractivity contribution in [2.75, 3.05) is 4.90 Å². The molecule has 0 amide bonds. The summed E-state index contributed by atoms with van der Waals surface area (Å²) in [5.41, 5.74) is 7.66. The lowest BCUT2D eigenvalue weighted by atomic mass is 9.92. The molecule has 0 unspecified atom stereocenters. The first kappa shape index (κ1) is 25.2. The van der Waals surface area contributed by atoms with Crippen LogP contribution in [0.3, 0.4) is 0 Å². The van der Waals surface area contributed by atoms with Gasteiger partial charge < -0.3 is 17.3 Å². The van der Waals surface area contributed by atoms with Gasteiger partial charge in [0.15, 0.2) is 12.1 Å². The molecule has 184 valence electrons. The van der Waals surface area contributed by atoms with E-state index >= 15 is 0 Å². The van der Waals surface area contributed by atoms with Gasteiger partial charge in [-0.05, 0) is 37.1 Å². The van der Waals surface area contributed by atoms with E-state index in [9.17, 15) is 17.3 Å². The number of aryl methyl sites for hydroxylation is 2. The largest absolute Gasteiger partial charge is 0.673 e. The molecule has 0 N–H and O–H groups in total. The molecule has 1 heterocycles. The molecule has 5 rings (SSSR count). The number of rotatable bonds is 4. The molecule has 1 aliphatic heterocycles. The summed E-state index contributed by atoms with van der Waals surface area (Å²) in [6.45, 7) is 4.39. The van der Waals surface area contributed by atoms with E-state index in [0.29, 0.717) is 0 Å². The Bertz CT molecular complexity index is 1320. The summed E-state index contributed by atoms with van der Waals surface area (Å²) >= 11 is 0. The predicted octanol–water partition coefficient (Wildman–Crippen LogP) is 8.28. The van der Waals surface area contributed by atoms with Crippen molar-refractivity contribution >= 4 is 25.0 Å². The van der Waals surface area contributed by atoms with E-state index in [-0.39, 0.29) is 12.1 Å². The monoisotopic (exact) mass is 490 g/mol. The zero-order valence-electron chi connectivity index (χ0n) is 20.1. The summed E-state index contributed by atoms with van der Waals surface area (Å²) in [6.07, 6.45) is 2.31. The van der Waals surface area contributed by atoms with Gasteiger partial charge in [0.2, 0.25) is 6.34 Å². The third-order valence-corrected chi connectivity index (χ3v) is 6.22. The molecule has 0 aliphatic carbocycles. The zero-order chi connectivity index (χ0) is 25.7. The molecule has 0 spiro atoms. The van der Waals surface area contributed by atoms with Crippen molar-refractivity contribution in [3.05, 3.63) is 131 Å². The highest BCUT2D eigenvalue weighted by molar-refractivity contribution is 6.50. The van der Waals surface area contributed by atoms with Gasteiger partial charge in [-0.3, -0.25) is 0 Å². The molecule has 1 aliphatic rings. The standard InChI is InChI=1S/C29H27N2.BF4/c1-22-13-9-11-19-26(22)30-21-31(27-20-12-10-14-23(27)2)29(25-17-7-4-8-18-25)28(30)24-15-5-3-6-16-24;2-1(3,4)5/h3-21,28-29H,1-2H3;/q+1;-1/t28-,29-;/m0./s1. The molecule has 0 bridgehead atoms. The Hall–Kier alpha value is -3.87. The summed E-state index contributed by atoms with van der Waals surface area (Å²) in [4.78, 5) is 2.45. The molecule has 36 heavy (non-hydrogen) atoms. The first-order valence-corrected chi connectivity index (χ1v) is 11.7. The average Bonchev–Trinajstić information content (AvgIpc) is 3.25. The number of hydrogen-bond donors (Lipinski definition) is 0. The van der Waals surface area contributed by atoms with Gasteiger partial charge in [-0.2, -0.15) is 0 Å². The van der Waals surface area contributed by atoms with Crippen LogP contribution in [0.5, 0.6) is 0 Å². The average molecular weight is 490 g/mol. The van der Waals surface area contributed by atoms with Crippen LogP contribution >= 0.6 is 0 Å². The van der Waals surface area contributed by atoms with Crippen LogP contribution in [0.2, 0.25) is 0 Å². The lowest BCUT2D eigenvalue weighted by Gasteiger charge is -2.25. The van der Waals surface area contributed by atoms with E-state index < -0.39 is 7.25 Å². The van der Waals surface area contributed by atoms with Crippen molar-refractivity contribution < 1.29 is 21.8 Å². The molecule has 0 radical (unpaired) electrons.